The van der Waals surface area contributed by atoms with Crippen LogP contribution in [0.1, 0.15) is 64.9 Å². The van der Waals surface area contributed by atoms with E-state index in [2.05, 4.69) is 44.1 Å². The molecule has 0 aromatic heterocycles. The van der Waals surface area contributed by atoms with Crippen molar-refractivity contribution in [2.75, 3.05) is 33.4 Å². The Morgan fingerprint density at radius 3 is 2.52 bits per heavy atom. The Morgan fingerprint density at radius 1 is 1.13 bits per heavy atom. The van der Waals surface area contributed by atoms with Crippen molar-refractivity contribution in [3.8, 4) is 5.75 Å². The molecule has 31 heavy (non-hydrogen) atoms. The van der Waals surface area contributed by atoms with E-state index >= 15 is 0 Å². The van der Waals surface area contributed by atoms with Gasteiger partial charge in [0.1, 0.15) is 12.4 Å². The van der Waals surface area contributed by atoms with Crippen LogP contribution < -0.4 is 10.1 Å². The molecule has 2 aliphatic rings. The standard InChI is InChI=1S/C26H42N2O3/c1-26(2,3)22-10-8-21(9-11-22)25(29)27-19-20-6-5-7-24(18-20)31-17-14-28(4)23-12-15-30-16-13-23/h5-7,18,21-23H,8-17,19H2,1-4H3,(H,27,29). The molecule has 174 valence electrons. The van der Waals surface area contributed by atoms with Gasteiger partial charge in [-0.05, 0) is 74.6 Å². The van der Waals surface area contributed by atoms with Crippen LogP contribution in [0.2, 0.25) is 0 Å². The quantitative estimate of drug-likeness (QED) is 0.652. The summed E-state index contributed by atoms with van der Waals surface area (Å²) in [5.41, 5.74) is 1.44. The van der Waals surface area contributed by atoms with Gasteiger partial charge in [-0.3, -0.25) is 9.69 Å². The molecule has 0 bridgehead atoms. The number of ether oxygens (including phenoxy) is 2. The molecule has 5 nitrogen and oxygen atoms in total. The lowest BCUT2D eigenvalue weighted by molar-refractivity contribution is -0.126. The molecule has 0 atom stereocenters. The average Bonchev–Trinajstić information content (AvgIpc) is 2.78. The molecule has 1 saturated carbocycles. The van der Waals surface area contributed by atoms with Crippen molar-refractivity contribution in [1.82, 2.24) is 10.2 Å². The molecular weight excluding hydrogens is 388 g/mol. The zero-order valence-corrected chi connectivity index (χ0v) is 20.0. The highest BCUT2D eigenvalue weighted by Crippen LogP contribution is 2.39. The minimum atomic E-state index is 0.166. The first kappa shape index (κ1) is 24.1. The summed E-state index contributed by atoms with van der Waals surface area (Å²) in [6.45, 7) is 10.8. The van der Waals surface area contributed by atoms with Crippen molar-refractivity contribution in [2.45, 2.75) is 71.9 Å². The Bertz CT molecular complexity index is 686. The molecule has 1 aromatic carbocycles. The van der Waals surface area contributed by atoms with Crippen molar-refractivity contribution >= 4 is 5.91 Å². The lowest BCUT2D eigenvalue weighted by atomic mass is 9.69. The molecule has 1 saturated heterocycles. The fraction of sp³-hybridized carbons (Fsp3) is 0.731. The number of likely N-dealkylation sites (N-methyl/N-ethyl adjacent to an activating group) is 1. The van der Waals surface area contributed by atoms with Gasteiger partial charge in [-0.25, -0.2) is 0 Å². The van der Waals surface area contributed by atoms with Crippen molar-refractivity contribution < 1.29 is 14.3 Å². The summed E-state index contributed by atoms with van der Waals surface area (Å²) in [5.74, 6) is 1.98. The fourth-order valence-electron chi connectivity index (χ4n) is 4.92. The van der Waals surface area contributed by atoms with Crippen LogP contribution in [0.15, 0.2) is 24.3 Å². The van der Waals surface area contributed by atoms with Gasteiger partial charge in [0.25, 0.3) is 0 Å². The van der Waals surface area contributed by atoms with Crippen molar-refractivity contribution in [1.29, 1.82) is 0 Å². The fourth-order valence-corrected chi connectivity index (χ4v) is 4.92. The number of amides is 1. The molecule has 1 aliphatic carbocycles. The summed E-state index contributed by atoms with van der Waals surface area (Å²) in [4.78, 5) is 15.0. The van der Waals surface area contributed by atoms with E-state index in [0.717, 1.165) is 75.5 Å². The lowest BCUT2D eigenvalue weighted by Gasteiger charge is -2.36. The number of nitrogens with zero attached hydrogens (tertiary/aromatic N) is 1. The third-order valence-corrected chi connectivity index (χ3v) is 7.21. The Hall–Kier alpha value is -1.59. The molecule has 2 fully saturated rings. The second kappa shape index (κ2) is 11.3. The Balaban J connectivity index is 1.38. The van der Waals surface area contributed by atoms with Crippen LogP contribution in [0.5, 0.6) is 5.75 Å². The summed E-state index contributed by atoms with van der Waals surface area (Å²) in [6, 6.07) is 8.70. The third-order valence-electron chi connectivity index (χ3n) is 7.21. The molecule has 1 amide bonds. The molecule has 3 rings (SSSR count). The molecule has 0 radical (unpaired) electrons. The van der Waals surface area contributed by atoms with E-state index in [1.807, 2.05) is 18.2 Å². The van der Waals surface area contributed by atoms with Gasteiger partial charge in [0.05, 0.1) is 0 Å². The summed E-state index contributed by atoms with van der Waals surface area (Å²) < 4.78 is 11.4. The Labute approximate surface area is 188 Å². The molecule has 1 N–H and O–H groups in total. The third kappa shape index (κ3) is 7.50. The van der Waals surface area contributed by atoms with E-state index < -0.39 is 0 Å². The van der Waals surface area contributed by atoms with Gasteiger partial charge in [-0.2, -0.15) is 0 Å². The van der Waals surface area contributed by atoms with Crippen LogP contribution in [0.4, 0.5) is 0 Å². The Morgan fingerprint density at radius 2 is 1.84 bits per heavy atom. The maximum absolute atomic E-state index is 12.7. The van der Waals surface area contributed by atoms with E-state index in [1.54, 1.807) is 0 Å². The number of rotatable bonds is 8. The minimum absolute atomic E-state index is 0.166. The van der Waals surface area contributed by atoms with E-state index in [1.165, 1.54) is 0 Å². The lowest BCUT2D eigenvalue weighted by Crippen LogP contribution is -2.38. The van der Waals surface area contributed by atoms with Gasteiger partial charge in [0, 0.05) is 38.3 Å². The minimum Gasteiger partial charge on any atom is -0.492 e. The van der Waals surface area contributed by atoms with Gasteiger partial charge in [-0.15, -0.1) is 0 Å². The van der Waals surface area contributed by atoms with E-state index in [0.29, 0.717) is 24.6 Å². The van der Waals surface area contributed by atoms with Crippen LogP contribution in [0, 0.1) is 17.3 Å². The molecule has 1 aliphatic heterocycles. The monoisotopic (exact) mass is 430 g/mol. The van der Waals surface area contributed by atoms with Crippen LogP contribution in [-0.4, -0.2) is 50.3 Å². The number of hydrogen-bond acceptors (Lipinski definition) is 4. The normalized spacial score (nSPS) is 23.0. The SMILES string of the molecule is CN(CCOc1cccc(CNC(=O)C2CCC(C(C)(C)C)CC2)c1)C1CCOCC1. The molecule has 1 heterocycles. The number of hydrogen-bond donors (Lipinski definition) is 1. The molecule has 0 spiro atoms. The molecule has 1 aromatic rings. The van der Waals surface area contributed by atoms with Crippen molar-refractivity contribution in [2.24, 2.45) is 17.3 Å². The summed E-state index contributed by atoms with van der Waals surface area (Å²) in [5, 5.41) is 3.15. The first-order valence-corrected chi connectivity index (χ1v) is 12.1. The highest BCUT2D eigenvalue weighted by atomic mass is 16.5. The molecular formula is C26H42N2O3. The van der Waals surface area contributed by atoms with Gasteiger partial charge in [0.15, 0.2) is 0 Å². The number of carbonyl (C=O) groups excluding carboxylic acids is 1. The maximum Gasteiger partial charge on any atom is 0.223 e. The van der Waals surface area contributed by atoms with Crippen LogP contribution >= 0.6 is 0 Å². The van der Waals surface area contributed by atoms with Gasteiger partial charge in [-0.1, -0.05) is 32.9 Å². The highest BCUT2D eigenvalue weighted by molar-refractivity contribution is 5.78. The van der Waals surface area contributed by atoms with Crippen LogP contribution in [-0.2, 0) is 16.1 Å². The predicted octanol–water partition coefficient (Wildman–Crippen LogP) is 4.64. The van der Waals surface area contributed by atoms with Crippen molar-refractivity contribution in [3.05, 3.63) is 29.8 Å². The second-order valence-corrected chi connectivity index (χ2v) is 10.5. The first-order valence-electron chi connectivity index (χ1n) is 12.1. The first-order chi connectivity index (χ1) is 14.8. The van der Waals surface area contributed by atoms with E-state index in [-0.39, 0.29) is 11.8 Å². The summed E-state index contributed by atoms with van der Waals surface area (Å²) in [7, 11) is 2.17. The number of nitrogens with one attached hydrogen (secondary N) is 1. The van der Waals surface area contributed by atoms with Gasteiger partial charge >= 0.3 is 0 Å². The molecule has 5 heteroatoms. The smallest absolute Gasteiger partial charge is 0.223 e. The number of benzene rings is 1. The van der Waals surface area contributed by atoms with Crippen molar-refractivity contribution in [3.63, 3.8) is 0 Å². The van der Waals surface area contributed by atoms with Crippen LogP contribution in [0.3, 0.4) is 0 Å². The largest absolute Gasteiger partial charge is 0.492 e. The average molecular weight is 431 g/mol. The van der Waals surface area contributed by atoms with E-state index in [9.17, 15) is 4.79 Å². The van der Waals surface area contributed by atoms with Crippen LogP contribution in [0.25, 0.3) is 0 Å². The van der Waals surface area contributed by atoms with Gasteiger partial charge < -0.3 is 14.8 Å². The maximum atomic E-state index is 12.7. The highest BCUT2D eigenvalue weighted by Gasteiger charge is 2.32. The summed E-state index contributed by atoms with van der Waals surface area (Å²) >= 11 is 0. The zero-order chi connectivity index (χ0) is 22.3. The second-order valence-electron chi connectivity index (χ2n) is 10.5. The number of carbonyl (C=O) groups is 1. The zero-order valence-electron chi connectivity index (χ0n) is 20.0. The Kier molecular flexibility index (Phi) is 8.79. The topological polar surface area (TPSA) is 50.8 Å². The summed E-state index contributed by atoms with van der Waals surface area (Å²) in [6.07, 6.45) is 6.54. The van der Waals surface area contributed by atoms with Gasteiger partial charge in [0.2, 0.25) is 5.91 Å². The predicted molar refractivity (Wildman–Crippen MR) is 125 cm³/mol. The van der Waals surface area contributed by atoms with E-state index in [4.69, 9.17) is 9.47 Å². The molecule has 0 unspecified atom stereocenters.